The van der Waals surface area contributed by atoms with Crippen molar-refractivity contribution in [2.45, 2.75) is 30.6 Å². The van der Waals surface area contributed by atoms with Crippen LogP contribution in [-0.4, -0.2) is 24.6 Å². The average molecular weight is 267 g/mol. The van der Waals surface area contributed by atoms with E-state index in [2.05, 4.69) is 36.1 Å². The SMILES string of the molecule is SCCCNCCc1ccc2c(c1)CCCS2. The van der Waals surface area contributed by atoms with Crippen LogP contribution in [0.1, 0.15) is 24.0 Å². The van der Waals surface area contributed by atoms with E-state index in [4.69, 9.17) is 0 Å². The summed E-state index contributed by atoms with van der Waals surface area (Å²) in [5.41, 5.74) is 3.04. The highest BCUT2D eigenvalue weighted by atomic mass is 32.2. The van der Waals surface area contributed by atoms with Crippen molar-refractivity contribution in [3.8, 4) is 0 Å². The van der Waals surface area contributed by atoms with Crippen molar-refractivity contribution >= 4 is 24.4 Å². The molecule has 1 nitrogen and oxygen atoms in total. The Balaban J connectivity index is 1.81. The number of fused-ring (bicyclic) bond motifs is 1. The van der Waals surface area contributed by atoms with E-state index in [0.29, 0.717) is 0 Å². The lowest BCUT2D eigenvalue weighted by Gasteiger charge is -2.16. The third-order valence-electron chi connectivity index (χ3n) is 3.08. The summed E-state index contributed by atoms with van der Waals surface area (Å²) in [7, 11) is 0. The van der Waals surface area contributed by atoms with E-state index in [9.17, 15) is 0 Å². The average Bonchev–Trinajstić information content (AvgIpc) is 2.38. The molecule has 1 heterocycles. The standard InChI is InChI=1S/C14H21NS2/c16-9-2-7-15-8-6-12-4-5-14-13(11-12)3-1-10-17-14/h4-5,11,15-16H,1-3,6-10H2. The van der Waals surface area contributed by atoms with Crippen LogP contribution in [0.15, 0.2) is 23.1 Å². The van der Waals surface area contributed by atoms with Crippen molar-refractivity contribution in [1.82, 2.24) is 5.32 Å². The third-order valence-corrected chi connectivity index (χ3v) is 4.59. The second-order valence-electron chi connectivity index (χ2n) is 4.47. The van der Waals surface area contributed by atoms with Crippen LogP contribution >= 0.6 is 24.4 Å². The van der Waals surface area contributed by atoms with Gasteiger partial charge in [0.25, 0.3) is 0 Å². The summed E-state index contributed by atoms with van der Waals surface area (Å²) >= 11 is 6.21. The molecule has 0 aromatic heterocycles. The maximum Gasteiger partial charge on any atom is 0.0104 e. The second kappa shape index (κ2) is 7.34. The maximum absolute atomic E-state index is 4.20. The molecule has 17 heavy (non-hydrogen) atoms. The van der Waals surface area contributed by atoms with Crippen LogP contribution in [0.4, 0.5) is 0 Å². The summed E-state index contributed by atoms with van der Waals surface area (Å²) in [5, 5.41) is 3.46. The van der Waals surface area contributed by atoms with Crippen molar-refractivity contribution in [1.29, 1.82) is 0 Å². The van der Waals surface area contributed by atoms with Gasteiger partial charge in [-0.15, -0.1) is 11.8 Å². The smallest absolute Gasteiger partial charge is 0.0104 e. The monoisotopic (exact) mass is 267 g/mol. The quantitative estimate of drug-likeness (QED) is 0.606. The normalized spacial score (nSPS) is 14.6. The van der Waals surface area contributed by atoms with Gasteiger partial charge >= 0.3 is 0 Å². The minimum absolute atomic E-state index is 0.975. The van der Waals surface area contributed by atoms with Crippen LogP contribution in [0.5, 0.6) is 0 Å². The van der Waals surface area contributed by atoms with Gasteiger partial charge in [0.15, 0.2) is 0 Å². The van der Waals surface area contributed by atoms with Crippen LogP contribution in [0, 0.1) is 0 Å². The molecule has 0 amide bonds. The zero-order chi connectivity index (χ0) is 11.9. The Bertz CT molecular complexity index is 352. The fraction of sp³-hybridized carbons (Fsp3) is 0.571. The fourth-order valence-electron chi connectivity index (χ4n) is 2.13. The molecule has 0 radical (unpaired) electrons. The molecule has 1 aromatic rings. The van der Waals surface area contributed by atoms with E-state index in [1.165, 1.54) is 29.1 Å². The van der Waals surface area contributed by atoms with Gasteiger partial charge in [-0.05, 0) is 67.5 Å². The number of thioether (sulfide) groups is 1. The zero-order valence-electron chi connectivity index (χ0n) is 10.2. The lowest BCUT2D eigenvalue weighted by molar-refractivity contribution is 0.674. The van der Waals surface area contributed by atoms with Crippen molar-refractivity contribution in [3.05, 3.63) is 29.3 Å². The molecule has 0 unspecified atom stereocenters. The first-order chi connectivity index (χ1) is 8.40. The van der Waals surface area contributed by atoms with E-state index in [-0.39, 0.29) is 0 Å². The summed E-state index contributed by atoms with van der Waals surface area (Å²) in [6, 6.07) is 7.00. The van der Waals surface area contributed by atoms with E-state index in [1.54, 1.807) is 5.56 Å². The molecular formula is C14H21NS2. The molecule has 3 heteroatoms. The van der Waals surface area contributed by atoms with Crippen molar-refractivity contribution in [2.75, 3.05) is 24.6 Å². The third kappa shape index (κ3) is 4.23. The Hall–Kier alpha value is -0.120. The van der Waals surface area contributed by atoms with E-state index in [1.807, 2.05) is 11.8 Å². The number of hydrogen-bond acceptors (Lipinski definition) is 3. The van der Waals surface area contributed by atoms with Crippen LogP contribution in [0.3, 0.4) is 0 Å². The molecule has 0 atom stereocenters. The first-order valence-corrected chi connectivity index (χ1v) is 8.08. The highest BCUT2D eigenvalue weighted by Crippen LogP contribution is 2.30. The number of benzene rings is 1. The fourth-order valence-corrected chi connectivity index (χ4v) is 3.31. The molecule has 0 aliphatic carbocycles. The molecule has 2 rings (SSSR count). The molecule has 0 saturated heterocycles. The molecule has 1 N–H and O–H groups in total. The number of thiol groups is 1. The minimum Gasteiger partial charge on any atom is -0.316 e. The molecule has 0 saturated carbocycles. The van der Waals surface area contributed by atoms with Gasteiger partial charge in [0.2, 0.25) is 0 Å². The molecule has 94 valence electrons. The van der Waals surface area contributed by atoms with Gasteiger partial charge in [-0.25, -0.2) is 0 Å². The van der Waals surface area contributed by atoms with Gasteiger partial charge in [0.05, 0.1) is 0 Å². The summed E-state index contributed by atoms with van der Waals surface area (Å²) in [4.78, 5) is 1.50. The Morgan fingerprint density at radius 2 is 2.24 bits per heavy atom. The number of rotatable bonds is 6. The first kappa shape index (κ1) is 13.3. The van der Waals surface area contributed by atoms with Crippen LogP contribution in [0.2, 0.25) is 0 Å². The van der Waals surface area contributed by atoms with Gasteiger partial charge in [0, 0.05) is 4.90 Å². The Morgan fingerprint density at radius 1 is 1.29 bits per heavy atom. The molecule has 1 aromatic carbocycles. The molecular weight excluding hydrogens is 246 g/mol. The number of aryl methyl sites for hydroxylation is 1. The highest BCUT2D eigenvalue weighted by Gasteiger charge is 2.09. The highest BCUT2D eigenvalue weighted by molar-refractivity contribution is 7.99. The molecule has 1 aliphatic heterocycles. The van der Waals surface area contributed by atoms with Crippen LogP contribution in [-0.2, 0) is 12.8 Å². The topological polar surface area (TPSA) is 12.0 Å². The Morgan fingerprint density at radius 3 is 3.12 bits per heavy atom. The second-order valence-corrected chi connectivity index (χ2v) is 6.06. The molecule has 1 aliphatic rings. The number of nitrogens with one attached hydrogen (secondary N) is 1. The van der Waals surface area contributed by atoms with Crippen molar-refractivity contribution < 1.29 is 0 Å². The van der Waals surface area contributed by atoms with Gasteiger partial charge < -0.3 is 5.32 Å². The van der Waals surface area contributed by atoms with Crippen molar-refractivity contribution in [3.63, 3.8) is 0 Å². The predicted molar refractivity (Wildman–Crippen MR) is 80.5 cm³/mol. The lowest BCUT2D eigenvalue weighted by atomic mass is 10.0. The Labute approximate surface area is 114 Å². The van der Waals surface area contributed by atoms with Crippen molar-refractivity contribution in [2.24, 2.45) is 0 Å². The Kier molecular flexibility index (Phi) is 5.75. The summed E-state index contributed by atoms with van der Waals surface area (Å²) in [6.07, 6.45) is 4.90. The molecule has 0 bridgehead atoms. The zero-order valence-corrected chi connectivity index (χ0v) is 12.0. The molecule has 0 spiro atoms. The van der Waals surface area contributed by atoms with Crippen LogP contribution in [0.25, 0.3) is 0 Å². The first-order valence-electron chi connectivity index (χ1n) is 6.46. The minimum atomic E-state index is 0.975. The van der Waals surface area contributed by atoms with E-state index in [0.717, 1.165) is 31.7 Å². The lowest BCUT2D eigenvalue weighted by Crippen LogP contribution is -2.18. The van der Waals surface area contributed by atoms with Gasteiger partial charge in [0.1, 0.15) is 0 Å². The van der Waals surface area contributed by atoms with Gasteiger partial charge in [-0.1, -0.05) is 12.1 Å². The summed E-state index contributed by atoms with van der Waals surface area (Å²) in [5.74, 6) is 2.26. The van der Waals surface area contributed by atoms with E-state index < -0.39 is 0 Å². The largest absolute Gasteiger partial charge is 0.316 e. The summed E-state index contributed by atoms with van der Waals surface area (Å²) < 4.78 is 0. The number of hydrogen-bond donors (Lipinski definition) is 2. The van der Waals surface area contributed by atoms with Crippen LogP contribution < -0.4 is 5.32 Å². The van der Waals surface area contributed by atoms with E-state index >= 15 is 0 Å². The summed E-state index contributed by atoms with van der Waals surface area (Å²) in [6.45, 7) is 2.17. The van der Waals surface area contributed by atoms with Gasteiger partial charge in [-0.3, -0.25) is 0 Å². The van der Waals surface area contributed by atoms with Gasteiger partial charge in [-0.2, -0.15) is 12.6 Å². The maximum atomic E-state index is 4.20. The predicted octanol–water partition coefficient (Wildman–Crippen LogP) is 3.18. The molecule has 0 fully saturated rings.